The van der Waals surface area contributed by atoms with Crippen LogP contribution in [0.4, 0.5) is 16.2 Å². The average molecular weight is 320 g/mol. The predicted molar refractivity (Wildman–Crippen MR) is 98.8 cm³/mol. The van der Waals surface area contributed by atoms with Gasteiger partial charge >= 0.3 is 6.03 Å². The lowest BCUT2D eigenvalue weighted by Crippen LogP contribution is -2.50. The van der Waals surface area contributed by atoms with E-state index in [1.807, 2.05) is 62.9 Å². The summed E-state index contributed by atoms with van der Waals surface area (Å²) in [4.78, 5) is 16.6. The van der Waals surface area contributed by atoms with Crippen molar-refractivity contribution in [1.29, 1.82) is 0 Å². The van der Waals surface area contributed by atoms with Crippen LogP contribution in [0, 0.1) is 0 Å². The van der Waals surface area contributed by atoms with Crippen molar-refractivity contribution in [3.8, 4) is 0 Å². The Kier molecular flexibility index (Phi) is 6.30. The Bertz CT molecular complexity index is 534. The van der Waals surface area contributed by atoms with Crippen LogP contribution in [0.3, 0.4) is 0 Å². The first-order valence-electron chi connectivity index (χ1n) is 8.19. The van der Waals surface area contributed by atoms with E-state index < -0.39 is 0 Å². The fraction of sp³-hybridized carbons (Fsp3) is 0.611. The Hall–Kier alpha value is -1.91. The van der Waals surface area contributed by atoms with Gasteiger partial charge in [-0.25, -0.2) is 4.79 Å². The molecule has 0 aliphatic heterocycles. The van der Waals surface area contributed by atoms with Crippen LogP contribution in [0.15, 0.2) is 18.2 Å². The molecule has 2 amide bonds. The summed E-state index contributed by atoms with van der Waals surface area (Å²) in [7, 11) is 4.00. The molecule has 130 valence electrons. The van der Waals surface area contributed by atoms with Gasteiger partial charge in [0.2, 0.25) is 0 Å². The van der Waals surface area contributed by atoms with Gasteiger partial charge in [0.15, 0.2) is 0 Å². The second-order valence-corrected chi connectivity index (χ2v) is 7.35. The molecule has 0 saturated carbocycles. The summed E-state index contributed by atoms with van der Waals surface area (Å²) in [5, 5.41) is 3.06. The molecule has 0 aromatic heterocycles. The molecule has 23 heavy (non-hydrogen) atoms. The van der Waals surface area contributed by atoms with Gasteiger partial charge in [0.25, 0.3) is 0 Å². The highest BCUT2D eigenvalue weighted by molar-refractivity contribution is 5.75. The Morgan fingerprint density at radius 2 is 1.91 bits per heavy atom. The van der Waals surface area contributed by atoms with Gasteiger partial charge in [-0.1, -0.05) is 6.92 Å². The van der Waals surface area contributed by atoms with Crippen LogP contribution in [0.2, 0.25) is 0 Å². The van der Waals surface area contributed by atoms with Crippen molar-refractivity contribution in [2.24, 2.45) is 0 Å². The number of nitrogens with two attached hydrogens (primary N) is 1. The lowest BCUT2D eigenvalue weighted by molar-refractivity contribution is 0.165. The summed E-state index contributed by atoms with van der Waals surface area (Å²) >= 11 is 0. The quantitative estimate of drug-likeness (QED) is 0.817. The van der Waals surface area contributed by atoms with Gasteiger partial charge < -0.3 is 20.9 Å². The minimum absolute atomic E-state index is 0.0426. The number of carbonyl (C=O) groups excluding carboxylic acids is 1. The molecule has 0 saturated heterocycles. The van der Waals surface area contributed by atoms with E-state index in [-0.39, 0.29) is 17.6 Å². The predicted octanol–water partition coefficient (Wildman–Crippen LogP) is 3.44. The van der Waals surface area contributed by atoms with E-state index in [1.54, 1.807) is 0 Å². The lowest BCUT2D eigenvalue weighted by Gasteiger charge is -2.33. The minimum atomic E-state index is -0.261. The highest BCUT2D eigenvalue weighted by atomic mass is 16.2. The molecule has 0 aliphatic carbocycles. The molecule has 0 bridgehead atoms. The van der Waals surface area contributed by atoms with Crippen molar-refractivity contribution >= 4 is 17.4 Å². The third kappa shape index (κ3) is 5.66. The fourth-order valence-electron chi connectivity index (χ4n) is 2.39. The number of carbonyl (C=O) groups is 1. The number of nitrogens with one attached hydrogen (secondary N) is 1. The van der Waals surface area contributed by atoms with Gasteiger partial charge in [0, 0.05) is 43.6 Å². The number of hydrogen-bond acceptors (Lipinski definition) is 3. The highest BCUT2D eigenvalue weighted by Crippen LogP contribution is 2.24. The molecule has 1 aromatic rings. The van der Waals surface area contributed by atoms with E-state index in [0.717, 1.165) is 17.7 Å². The number of nitrogen functional groups attached to an aromatic ring is 1. The average Bonchev–Trinajstić information content (AvgIpc) is 2.41. The van der Waals surface area contributed by atoms with E-state index in [2.05, 4.69) is 19.2 Å². The van der Waals surface area contributed by atoms with Crippen molar-refractivity contribution in [2.45, 2.75) is 59.2 Å². The number of amides is 2. The smallest absolute Gasteiger partial charge is 0.318 e. The van der Waals surface area contributed by atoms with E-state index in [0.29, 0.717) is 12.2 Å². The van der Waals surface area contributed by atoms with E-state index in [9.17, 15) is 4.79 Å². The highest BCUT2D eigenvalue weighted by Gasteiger charge is 2.24. The maximum atomic E-state index is 12.7. The molecule has 0 spiro atoms. The molecular formula is C18H32N4O. The third-order valence-corrected chi connectivity index (χ3v) is 3.79. The summed E-state index contributed by atoms with van der Waals surface area (Å²) in [6.07, 6.45) is 0.900. The number of nitrogens with zero attached hydrogens (tertiary/aromatic N) is 2. The standard InChI is InChI=1S/C18H32N4O/c1-8-13(2)22(17(23)20-18(3,4)5)12-14-11-15(19)9-10-16(14)21(6)7/h9-11,13H,8,12,19H2,1-7H3,(H,20,23). The van der Waals surface area contributed by atoms with Crippen molar-refractivity contribution in [2.75, 3.05) is 24.7 Å². The van der Waals surface area contributed by atoms with Gasteiger partial charge in [-0.15, -0.1) is 0 Å². The lowest BCUT2D eigenvalue weighted by atomic mass is 10.1. The van der Waals surface area contributed by atoms with Crippen LogP contribution in [0.5, 0.6) is 0 Å². The Morgan fingerprint density at radius 1 is 1.30 bits per heavy atom. The number of anilines is 2. The zero-order chi connectivity index (χ0) is 17.8. The SMILES string of the molecule is CCC(C)N(Cc1cc(N)ccc1N(C)C)C(=O)NC(C)(C)C. The monoisotopic (exact) mass is 320 g/mol. The first-order chi connectivity index (χ1) is 10.5. The molecule has 0 heterocycles. The third-order valence-electron chi connectivity index (χ3n) is 3.79. The van der Waals surface area contributed by atoms with Crippen LogP contribution in [0.25, 0.3) is 0 Å². The summed E-state index contributed by atoms with van der Waals surface area (Å²) in [5.74, 6) is 0. The molecular weight excluding hydrogens is 288 g/mol. The molecule has 3 N–H and O–H groups in total. The Labute approximate surface area is 140 Å². The van der Waals surface area contributed by atoms with Crippen LogP contribution < -0.4 is 16.0 Å². The Balaban J connectivity index is 3.11. The molecule has 1 rings (SSSR count). The van der Waals surface area contributed by atoms with Crippen molar-refractivity contribution in [3.63, 3.8) is 0 Å². The molecule has 0 fully saturated rings. The largest absolute Gasteiger partial charge is 0.399 e. The summed E-state index contributed by atoms with van der Waals surface area (Å²) < 4.78 is 0. The fourth-order valence-corrected chi connectivity index (χ4v) is 2.39. The van der Waals surface area contributed by atoms with Crippen molar-refractivity contribution in [3.05, 3.63) is 23.8 Å². The molecule has 1 aromatic carbocycles. The van der Waals surface area contributed by atoms with Crippen LogP contribution in [-0.4, -0.2) is 36.6 Å². The summed E-state index contributed by atoms with van der Waals surface area (Å²) in [6, 6.07) is 5.95. The van der Waals surface area contributed by atoms with Crippen LogP contribution in [-0.2, 0) is 6.54 Å². The normalized spacial score (nSPS) is 12.7. The zero-order valence-corrected chi connectivity index (χ0v) is 15.6. The van der Waals surface area contributed by atoms with E-state index >= 15 is 0 Å². The van der Waals surface area contributed by atoms with Gasteiger partial charge in [-0.3, -0.25) is 0 Å². The second-order valence-electron chi connectivity index (χ2n) is 7.35. The first kappa shape index (κ1) is 19.1. The molecule has 0 aliphatic rings. The molecule has 5 nitrogen and oxygen atoms in total. The summed E-state index contributed by atoms with van der Waals surface area (Å²) in [6.45, 7) is 10.7. The zero-order valence-electron chi connectivity index (χ0n) is 15.6. The van der Waals surface area contributed by atoms with Gasteiger partial charge in [0.05, 0.1) is 0 Å². The molecule has 1 unspecified atom stereocenters. The van der Waals surface area contributed by atoms with Crippen molar-refractivity contribution < 1.29 is 4.79 Å². The van der Waals surface area contributed by atoms with E-state index in [1.165, 1.54) is 0 Å². The molecule has 1 atom stereocenters. The van der Waals surface area contributed by atoms with Crippen molar-refractivity contribution in [1.82, 2.24) is 10.2 Å². The molecule has 0 radical (unpaired) electrons. The topological polar surface area (TPSA) is 61.6 Å². The maximum absolute atomic E-state index is 12.7. The Morgan fingerprint density at radius 3 is 2.39 bits per heavy atom. The first-order valence-corrected chi connectivity index (χ1v) is 8.19. The van der Waals surface area contributed by atoms with Crippen LogP contribution in [0.1, 0.15) is 46.6 Å². The van der Waals surface area contributed by atoms with Crippen LogP contribution >= 0.6 is 0 Å². The minimum Gasteiger partial charge on any atom is -0.399 e. The number of urea groups is 1. The summed E-state index contributed by atoms with van der Waals surface area (Å²) in [5.41, 5.74) is 8.54. The number of rotatable bonds is 5. The number of hydrogen-bond donors (Lipinski definition) is 2. The van der Waals surface area contributed by atoms with E-state index in [4.69, 9.17) is 5.73 Å². The maximum Gasteiger partial charge on any atom is 0.318 e. The van der Waals surface area contributed by atoms with Gasteiger partial charge in [-0.2, -0.15) is 0 Å². The molecule has 5 heteroatoms. The number of benzene rings is 1. The van der Waals surface area contributed by atoms with Gasteiger partial charge in [0.1, 0.15) is 0 Å². The second kappa shape index (κ2) is 7.57. The van der Waals surface area contributed by atoms with Gasteiger partial charge in [-0.05, 0) is 57.9 Å².